The fraction of sp³-hybridized carbons (Fsp3) is 0.125. The number of anilines is 1. The molecule has 2 aromatic heterocycles. The summed E-state index contributed by atoms with van der Waals surface area (Å²) in [6, 6.07) is 0. The van der Waals surface area contributed by atoms with Crippen molar-refractivity contribution in [1.29, 1.82) is 0 Å². The van der Waals surface area contributed by atoms with Crippen LogP contribution in [-0.4, -0.2) is 26.1 Å². The second-order valence-electron chi connectivity index (χ2n) is 2.40. The van der Waals surface area contributed by atoms with Crippen molar-refractivity contribution in [2.75, 3.05) is 11.9 Å². The van der Waals surface area contributed by atoms with Gasteiger partial charge < -0.3 is 5.32 Å². The van der Waals surface area contributed by atoms with Crippen LogP contribution >= 0.6 is 0 Å². The Balaban J connectivity index is 2.44. The molecule has 0 aliphatic carbocycles. The molecule has 64 valence electrons. The average Bonchev–Trinajstić information content (AvgIpc) is 2.62. The van der Waals surface area contributed by atoms with Gasteiger partial charge in [-0.2, -0.15) is 0 Å². The molecule has 0 unspecified atom stereocenters. The van der Waals surface area contributed by atoms with E-state index in [0.29, 0.717) is 18.0 Å². The average molecular weight is 173 g/mol. The van der Waals surface area contributed by atoms with Crippen molar-refractivity contribution in [3.05, 3.63) is 18.7 Å². The summed E-state index contributed by atoms with van der Waals surface area (Å²) < 4.78 is 1.77. The Morgan fingerprint density at radius 2 is 2.54 bits per heavy atom. The third-order valence-electron chi connectivity index (χ3n) is 1.57. The van der Waals surface area contributed by atoms with E-state index in [1.165, 1.54) is 0 Å². The van der Waals surface area contributed by atoms with Crippen LogP contribution in [0.5, 0.6) is 0 Å². The molecule has 0 atom stereocenters. The van der Waals surface area contributed by atoms with Gasteiger partial charge in [-0.1, -0.05) is 5.92 Å². The number of fused-ring (bicyclic) bond motifs is 1. The lowest BCUT2D eigenvalue weighted by Gasteiger charge is -2.00. The monoisotopic (exact) mass is 173 g/mol. The van der Waals surface area contributed by atoms with E-state index < -0.39 is 0 Å². The number of terminal acetylenes is 1. The largest absolute Gasteiger partial charge is 0.356 e. The van der Waals surface area contributed by atoms with E-state index in [-0.39, 0.29) is 0 Å². The summed E-state index contributed by atoms with van der Waals surface area (Å²) in [6.07, 6.45) is 10.2. The number of nitrogens with one attached hydrogen (secondary N) is 1. The van der Waals surface area contributed by atoms with Crippen LogP contribution in [0.3, 0.4) is 0 Å². The predicted octanol–water partition coefficient (Wildman–Crippen LogP) is 0.169. The summed E-state index contributed by atoms with van der Waals surface area (Å²) in [5, 5.41) is 10.6. The minimum absolute atomic E-state index is 0.430. The van der Waals surface area contributed by atoms with Crippen molar-refractivity contribution in [3.63, 3.8) is 0 Å². The highest BCUT2D eigenvalue weighted by atomic mass is 15.2. The van der Waals surface area contributed by atoms with Gasteiger partial charge in [0.25, 0.3) is 0 Å². The van der Waals surface area contributed by atoms with E-state index in [1.54, 1.807) is 23.1 Å². The highest BCUT2D eigenvalue weighted by Crippen LogP contribution is 2.08. The molecule has 13 heavy (non-hydrogen) atoms. The molecule has 0 fully saturated rings. The summed E-state index contributed by atoms with van der Waals surface area (Å²) in [5.41, 5.74) is 0.678. The van der Waals surface area contributed by atoms with Gasteiger partial charge in [0.1, 0.15) is 6.33 Å². The lowest BCUT2D eigenvalue weighted by atomic mass is 10.5. The molecule has 0 saturated heterocycles. The number of nitrogens with zero attached hydrogens (tertiary/aromatic N) is 4. The second-order valence-corrected chi connectivity index (χ2v) is 2.40. The van der Waals surface area contributed by atoms with Crippen LogP contribution in [0.1, 0.15) is 0 Å². The minimum atomic E-state index is 0.430. The first kappa shape index (κ1) is 7.55. The van der Waals surface area contributed by atoms with Crippen LogP contribution in [0.2, 0.25) is 0 Å². The van der Waals surface area contributed by atoms with Crippen LogP contribution in [0.15, 0.2) is 18.7 Å². The number of hydrogen-bond acceptors (Lipinski definition) is 4. The van der Waals surface area contributed by atoms with E-state index in [1.807, 2.05) is 0 Å². The summed E-state index contributed by atoms with van der Waals surface area (Å²) in [6.45, 7) is 0.430. The summed E-state index contributed by atoms with van der Waals surface area (Å²) >= 11 is 0. The fourth-order valence-corrected chi connectivity index (χ4v) is 1.02. The molecular weight excluding hydrogens is 166 g/mol. The smallest absolute Gasteiger partial charge is 0.203 e. The van der Waals surface area contributed by atoms with E-state index in [0.717, 1.165) is 0 Å². The fourth-order valence-electron chi connectivity index (χ4n) is 1.02. The number of hydrogen-bond donors (Lipinski definition) is 1. The lowest BCUT2D eigenvalue weighted by Crippen LogP contribution is -2.02. The number of aromatic nitrogens is 4. The van der Waals surface area contributed by atoms with Crippen molar-refractivity contribution >= 4 is 11.5 Å². The molecule has 0 bridgehead atoms. The molecule has 5 heteroatoms. The molecule has 2 heterocycles. The Bertz CT molecular complexity index is 453. The van der Waals surface area contributed by atoms with Gasteiger partial charge in [0.2, 0.25) is 5.65 Å². The maximum Gasteiger partial charge on any atom is 0.203 e. The zero-order valence-corrected chi connectivity index (χ0v) is 6.81. The van der Waals surface area contributed by atoms with Crippen molar-refractivity contribution in [1.82, 2.24) is 19.6 Å². The molecular formula is C8H7N5. The summed E-state index contributed by atoms with van der Waals surface area (Å²) in [7, 11) is 0. The maximum atomic E-state index is 5.11. The van der Waals surface area contributed by atoms with E-state index in [4.69, 9.17) is 6.42 Å². The highest BCUT2D eigenvalue weighted by Gasteiger charge is 2.01. The Morgan fingerprint density at radius 1 is 1.62 bits per heavy atom. The maximum absolute atomic E-state index is 5.11. The molecule has 2 aromatic rings. The Morgan fingerprint density at radius 3 is 3.38 bits per heavy atom. The van der Waals surface area contributed by atoms with Crippen LogP contribution in [0.25, 0.3) is 5.65 Å². The Labute approximate surface area is 74.8 Å². The van der Waals surface area contributed by atoms with Gasteiger partial charge in [0, 0.05) is 12.4 Å². The van der Waals surface area contributed by atoms with Gasteiger partial charge >= 0.3 is 0 Å². The quantitative estimate of drug-likeness (QED) is 0.658. The van der Waals surface area contributed by atoms with Crippen LogP contribution in [0, 0.1) is 12.3 Å². The van der Waals surface area contributed by atoms with Crippen LogP contribution < -0.4 is 5.32 Å². The molecule has 0 aromatic carbocycles. The van der Waals surface area contributed by atoms with Crippen LogP contribution in [0.4, 0.5) is 5.82 Å². The molecule has 0 radical (unpaired) electrons. The van der Waals surface area contributed by atoms with Gasteiger partial charge in [-0.3, -0.25) is 4.40 Å². The molecule has 2 rings (SSSR count). The van der Waals surface area contributed by atoms with Crippen molar-refractivity contribution < 1.29 is 0 Å². The zero-order valence-electron chi connectivity index (χ0n) is 6.81. The van der Waals surface area contributed by atoms with Gasteiger partial charge in [-0.15, -0.1) is 16.6 Å². The Kier molecular flexibility index (Phi) is 1.81. The molecule has 0 aliphatic rings. The first-order valence-corrected chi connectivity index (χ1v) is 3.73. The first-order chi connectivity index (χ1) is 6.42. The minimum Gasteiger partial charge on any atom is -0.356 e. The molecule has 0 aliphatic heterocycles. The molecule has 0 amide bonds. The lowest BCUT2D eigenvalue weighted by molar-refractivity contribution is 1.10. The number of rotatable bonds is 2. The van der Waals surface area contributed by atoms with Crippen molar-refractivity contribution in [2.24, 2.45) is 0 Å². The first-order valence-electron chi connectivity index (χ1n) is 3.73. The van der Waals surface area contributed by atoms with E-state index >= 15 is 0 Å². The topological polar surface area (TPSA) is 55.1 Å². The van der Waals surface area contributed by atoms with Gasteiger partial charge in [0.15, 0.2) is 5.82 Å². The Hall–Kier alpha value is -2.09. The SMILES string of the molecule is C#CCNc1nccn2cnnc12. The van der Waals surface area contributed by atoms with Crippen molar-refractivity contribution in [2.45, 2.75) is 0 Å². The molecule has 0 spiro atoms. The van der Waals surface area contributed by atoms with Crippen molar-refractivity contribution in [3.8, 4) is 12.3 Å². The summed E-state index contributed by atoms with van der Waals surface area (Å²) in [5.74, 6) is 3.12. The molecule has 5 nitrogen and oxygen atoms in total. The highest BCUT2D eigenvalue weighted by molar-refractivity contribution is 5.61. The van der Waals surface area contributed by atoms with E-state index in [9.17, 15) is 0 Å². The second kappa shape index (κ2) is 3.11. The molecule has 1 N–H and O–H groups in total. The third kappa shape index (κ3) is 1.29. The standard InChI is InChI=1S/C8H7N5/c1-2-3-9-7-8-12-11-6-13(8)5-4-10-7/h1,4-6H,3H2,(H,9,10). The van der Waals surface area contributed by atoms with Crippen LogP contribution in [-0.2, 0) is 0 Å². The molecule has 0 saturated carbocycles. The third-order valence-corrected chi connectivity index (χ3v) is 1.57. The summed E-state index contributed by atoms with van der Waals surface area (Å²) in [4.78, 5) is 4.09. The predicted molar refractivity (Wildman–Crippen MR) is 48.1 cm³/mol. The zero-order chi connectivity index (χ0) is 9.10. The normalized spacial score (nSPS) is 9.77. The van der Waals surface area contributed by atoms with Gasteiger partial charge in [-0.05, 0) is 0 Å². The van der Waals surface area contributed by atoms with Gasteiger partial charge in [-0.25, -0.2) is 4.98 Å². The van der Waals surface area contributed by atoms with E-state index in [2.05, 4.69) is 26.4 Å². The van der Waals surface area contributed by atoms with Gasteiger partial charge in [0.05, 0.1) is 6.54 Å².